The molecular formula is C19H17F4N3O. The van der Waals surface area contributed by atoms with Crippen LogP contribution < -0.4 is 10.6 Å². The minimum Gasteiger partial charge on any atom is -0.354 e. The van der Waals surface area contributed by atoms with Gasteiger partial charge in [0.1, 0.15) is 11.4 Å². The fourth-order valence-corrected chi connectivity index (χ4v) is 3.87. The smallest absolute Gasteiger partial charge is 0.354 e. The molecular weight excluding hydrogens is 362 g/mol. The maximum atomic E-state index is 14.3. The van der Waals surface area contributed by atoms with E-state index in [0.717, 1.165) is 12.1 Å². The van der Waals surface area contributed by atoms with Gasteiger partial charge in [-0.15, -0.1) is 0 Å². The summed E-state index contributed by atoms with van der Waals surface area (Å²) < 4.78 is 52.5. The molecule has 0 radical (unpaired) electrons. The molecule has 0 saturated carbocycles. The second-order valence-electron chi connectivity index (χ2n) is 6.99. The van der Waals surface area contributed by atoms with Gasteiger partial charge in [0.2, 0.25) is 5.91 Å². The predicted octanol–water partition coefficient (Wildman–Crippen LogP) is 3.59. The van der Waals surface area contributed by atoms with Crippen molar-refractivity contribution in [3.05, 3.63) is 53.6 Å². The van der Waals surface area contributed by atoms with E-state index in [2.05, 4.69) is 15.6 Å². The van der Waals surface area contributed by atoms with Crippen molar-refractivity contribution >= 4 is 5.91 Å². The van der Waals surface area contributed by atoms with Crippen molar-refractivity contribution < 1.29 is 22.4 Å². The first-order valence-electron chi connectivity index (χ1n) is 8.68. The Balaban J connectivity index is 1.61. The number of carbonyl (C=O) groups excluding carboxylic acids is 1. The van der Waals surface area contributed by atoms with Crippen molar-refractivity contribution in [3.63, 3.8) is 0 Å². The molecule has 4 nitrogen and oxygen atoms in total. The van der Waals surface area contributed by atoms with E-state index in [1.165, 1.54) is 6.20 Å². The molecule has 2 N–H and O–H groups in total. The zero-order valence-corrected chi connectivity index (χ0v) is 14.2. The fraction of sp³-hybridized carbons (Fsp3) is 0.368. The molecule has 3 heterocycles. The van der Waals surface area contributed by atoms with Gasteiger partial charge < -0.3 is 5.32 Å². The Morgan fingerprint density at radius 3 is 2.63 bits per heavy atom. The molecule has 142 valence electrons. The van der Waals surface area contributed by atoms with E-state index >= 15 is 0 Å². The quantitative estimate of drug-likeness (QED) is 0.785. The van der Waals surface area contributed by atoms with Gasteiger partial charge in [0, 0.05) is 18.3 Å². The lowest BCUT2D eigenvalue weighted by Crippen LogP contribution is -2.47. The van der Waals surface area contributed by atoms with E-state index in [4.69, 9.17) is 0 Å². The van der Waals surface area contributed by atoms with Crippen LogP contribution in [0.5, 0.6) is 0 Å². The van der Waals surface area contributed by atoms with Crippen LogP contribution in [0.4, 0.5) is 17.6 Å². The van der Waals surface area contributed by atoms with Gasteiger partial charge in [-0.05, 0) is 49.1 Å². The topological polar surface area (TPSA) is 54.0 Å². The molecule has 1 aromatic carbocycles. The number of hydrogen-bond acceptors (Lipinski definition) is 3. The van der Waals surface area contributed by atoms with E-state index in [9.17, 15) is 22.4 Å². The van der Waals surface area contributed by atoms with Gasteiger partial charge in [0.15, 0.2) is 0 Å². The lowest BCUT2D eigenvalue weighted by molar-refractivity contribution is -0.137. The van der Waals surface area contributed by atoms with Crippen molar-refractivity contribution in [2.24, 2.45) is 0 Å². The highest BCUT2D eigenvalue weighted by Gasteiger charge is 2.48. The summed E-state index contributed by atoms with van der Waals surface area (Å²) in [5, 5.41) is 6.16. The first-order valence-corrected chi connectivity index (χ1v) is 8.68. The Hall–Kier alpha value is -2.48. The molecule has 1 amide bonds. The molecule has 8 heteroatoms. The standard InChI is InChI=1S/C19H17F4N3O/c20-14-10-12(19(21,22)23)1-2-13(14)11-4-7-24-16(9-11)15-3-5-18(26-15)6-8-25-17(18)27/h1-2,4,7,9-10,15,26H,3,5-6,8H2,(H,25,27). The van der Waals surface area contributed by atoms with Gasteiger partial charge >= 0.3 is 6.18 Å². The molecule has 4 rings (SSSR count). The predicted molar refractivity (Wildman–Crippen MR) is 90.1 cm³/mol. The number of hydrogen-bond donors (Lipinski definition) is 2. The molecule has 2 aliphatic heterocycles. The highest BCUT2D eigenvalue weighted by molar-refractivity contribution is 5.88. The number of pyridine rings is 1. The molecule has 2 saturated heterocycles. The van der Waals surface area contributed by atoms with Gasteiger partial charge in [-0.2, -0.15) is 13.2 Å². The summed E-state index contributed by atoms with van der Waals surface area (Å²) in [6.45, 7) is 0.628. The minimum atomic E-state index is -4.59. The summed E-state index contributed by atoms with van der Waals surface area (Å²) >= 11 is 0. The molecule has 1 spiro atoms. The lowest BCUT2D eigenvalue weighted by Gasteiger charge is -2.21. The maximum Gasteiger partial charge on any atom is 0.416 e. The van der Waals surface area contributed by atoms with Crippen LogP contribution in [0.1, 0.15) is 36.6 Å². The Morgan fingerprint density at radius 2 is 1.96 bits per heavy atom. The summed E-state index contributed by atoms with van der Waals surface area (Å²) in [5.74, 6) is -0.956. The van der Waals surface area contributed by atoms with E-state index in [1.54, 1.807) is 12.1 Å². The third-order valence-electron chi connectivity index (χ3n) is 5.33. The highest BCUT2D eigenvalue weighted by Crippen LogP contribution is 2.38. The normalized spacial score (nSPS) is 25.2. The van der Waals surface area contributed by atoms with Crippen LogP contribution in [-0.4, -0.2) is 23.0 Å². The van der Waals surface area contributed by atoms with Crippen molar-refractivity contribution in [2.45, 2.75) is 37.0 Å². The average molecular weight is 379 g/mol. The van der Waals surface area contributed by atoms with E-state index in [-0.39, 0.29) is 17.5 Å². The Morgan fingerprint density at radius 1 is 1.15 bits per heavy atom. The Bertz CT molecular complexity index is 899. The summed E-state index contributed by atoms with van der Waals surface area (Å²) in [6.07, 6.45) is -0.991. The van der Waals surface area contributed by atoms with Crippen molar-refractivity contribution in [3.8, 4) is 11.1 Å². The molecule has 2 atom stereocenters. The highest BCUT2D eigenvalue weighted by atomic mass is 19.4. The van der Waals surface area contributed by atoms with Crippen molar-refractivity contribution in [1.82, 2.24) is 15.6 Å². The largest absolute Gasteiger partial charge is 0.416 e. The summed E-state index contributed by atoms with van der Waals surface area (Å²) in [5.41, 5.74) is -0.432. The molecule has 0 bridgehead atoms. The number of aromatic nitrogens is 1. The number of alkyl halides is 3. The van der Waals surface area contributed by atoms with Crippen LogP contribution in [0.25, 0.3) is 11.1 Å². The molecule has 27 heavy (non-hydrogen) atoms. The number of benzene rings is 1. The number of halogens is 4. The van der Waals surface area contributed by atoms with Crippen molar-refractivity contribution in [1.29, 1.82) is 0 Å². The Kier molecular flexibility index (Phi) is 4.18. The zero-order valence-electron chi connectivity index (χ0n) is 14.2. The van der Waals surface area contributed by atoms with Crippen LogP contribution in [-0.2, 0) is 11.0 Å². The molecule has 2 fully saturated rings. The number of carbonyl (C=O) groups is 1. The first kappa shape index (κ1) is 17.9. The van der Waals surface area contributed by atoms with Crippen LogP contribution in [0, 0.1) is 5.82 Å². The summed E-state index contributed by atoms with van der Waals surface area (Å²) in [7, 11) is 0. The third-order valence-corrected chi connectivity index (χ3v) is 5.33. The van der Waals surface area contributed by atoms with Gasteiger partial charge in [-0.3, -0.25) is 15.1 Å². The second-order valence-corrected chi connectivity index (χ2v) is 6.99. The second kappa shape index (κ2) is 6.30. The zero-order chi connectivity index (χ0) is 19.2. The van der Waals surface area contributed by atoms with Crippen LogP contribution in [0.15, 0.2) is 36.5 Å². The summed E-state index contributed by atoms with van der Waals surface area (Å²) in [4.78, 5) is 16.4. The fourth-order valence-electron chi connectivity index (χ4n) is 3.87. The maximum absolute atomic E-state index is 14.3. The summed E-state index contributed by atoms with van der Waals surface area (Å²) in [6, 6.07) is 5.56. The van der Waals surface area contributed by atoms with Gasteiger partial charge in [-0.1, -0.05) is 6.07 Å². The number of nitrogens with zero attached hydrogens (tertiary/aromatic N) is 1. The average Bonchev–Trinajstić information content (AvgIpc) is 3.22. The van der Waals surface area contributed by atoms with Crippen LogP contribution in [0.2, 0.25) is 0 Å². The van der Waals surface area contributed by atoms with Crippen molar-refractivity contribution in [2.75, 3.05) is 6.54 Å². The molecule has 2 aliphatic rings. The SMILES string of the molecule is O=C1NCCC12CCC(c1cc(-c3ccc(C(F)(F)F)cc3F)ccn1)N2. The van der Waals surface area contributed by atoms with Gasteiger partial charge in [0.25, 0.3) is 0 Å². The van der Waals surface area contributed by atoms with E-state index < -0.39 is 23.1 Å². The number of rotatable bonds is 2. The van der Waals surface area contributed by atoms with E-state index in [0.29, 0.717) is 43.1 Å². The first-order chi connectivity index (χ1) is 12.8. The lowest BCUT2D eigenvalue weighted by atomic mass is 9.96. The van der Waals surface area contributed by atoms with Gasteiger partial charge in [-0.25, -0.2) is 4.39 Å². The molecule has 1 aromatic heterocycles. The molecule has 0 aliphatic carbocycles. The van der Waals surface area contributed by atoms with Crippen LogP contribution in [0.3, 0.4) is 0 Å². The monoisotopic (exact) mass is 379 g/mol. The molecule has 2 aromatic rings. The Labute approximate surface area is 153 Å². The number of amides is 1. The number of nitrogens with one attached hydrogen (secondary N) is 2. The minimum absolute atomic E-state index is 0.0186. The van der Waals surface area contributed by atoms with E-state index in [1.807, 2.05) is 0 Å². The molecule has 2 unspecified atom stereocenters. The van der Waals surface area contributed by atoms with Crippen LogP contribution >= 0.6 is 0 Å². The third kappa shape index (κ3) is 3.18. The van der Waals surface area contributed by atoms with Gasteiger partial charge in [0.05, 0.1) is 17.3 Å².